The molecule has 0 spiro atoms. The molecule has 3 aromatic rings. The van der Waals surface area contributed by atoms with Gasteiger partial charge < -0.3 is 4.52 Å². The standard InChI is InChI=1S/C25H27ClN2O/c1-16-3-5-17(6-4-16)13-20-14-24(29-27-20)25-22(18-7-9-19(26)10-8-18)15-21-11-12-23(25)28(21)2/h3-10,14,21-23,25H,11-13,15H2,1-2H3/t21?,22-,23?,25+/m1/s1. The Labute approximate surface area is 177 Å². The van der Waals surface area contributed by atoms with E-state index in [9.17, 15) is 0 Å². The van der Waals surface area contributed by atoms with Crippen molar-refractivity contribution in [3.05, 3.63) is 87.8 Å². The van der Waals surface area contributed by atoms with Crippen LogP contribution in [0.4, 0.5) is 0 Å². The van der Waals surface area contributed by atoms with E-state index in [4.69, 9.17) is 16.1 Å². The summed E-state index contributed by atoms with van der Waals surface area (Å²) >= 11 is 6.15. The summed E-state index contributed by atoms with van der Waals surface area (Å²) in [6, 6.07) is 20.4. The Morgan fingerprint density at radius 2 is 1.83 bits per heavy atom. The zero-order chi connectivity index (χ0) is 20.0. The molecule has 0 saturated carbocycles. The molecule has 2 bridgehead atoms. The van der Waals surface area contributed by atoms with Crippen molar-refractivity contribution in [1.82, 2.24) is 10.1 Å². The van der Waals surface area contributed by atoms with Gasteiger partial charge in [0.15, 0.2) is 0 Å². The number of hydrogen-bond acceptors (Lipinski definition) is 3. The molecule has 29 heavy (non-hydrogen) atoms. The zero-order valence-corrected chi connectivity index (χ0v) is 17.8. The van der Waals surface area contributed by atoms with Crippen molar-refractivity contribution in [3.63, 3.8) is 0 Å². The van der Waals surface area contributed by atoms with Crippen LogP contribution >= 0.6 is 11.6 Å². The van der Waals surface area contributed by atoms with Gasteiger partial charge in [-0.3, -0.25) is 4.90 Å². The quantitative estimate of drug-likeness (QED) is 0.535. The summed E-state index contributed by atoms with van der Waals surface area (Å²) in [5.74, 6) is 1.81. The molecule has 2 unspecified atom stereocenters. The van der Waals surface area contributed by atoms with Gasteiger partial charge >= 0.3 is 0 Å². The first-order chi connectivity index (χ1) is 14.1. The molecule has 0 radical (unpaired) electrons. The second-order valence-corrected chi connectivity index (χ2v) is 9.20. The van der Waals surface area contributed by atoms with E-state index in [2.05, 4.69) is 66.5 Å². The van der Waals surface area contributed by atoms with Crippen LogP contribution in [0.25, 0.3) is 0 Å². The van der Waals surface area contributed by atoms with Gasteiger partial charge in [0.25, 0.3) is 0 Å². The molecule has 4 heteroatoms. The fourth-order valence-electron chi connectivity index (χ4n) is 5.39. The molecule has 2 saturated heterocycles. The van der Waals surface area contributed by atoms with Gasteiger partial charge in [-0.05, 0) is 62.4 Å². The molecule has 2 aromatic carbocycles. The predicted molar refractivity (Wildman–Crippen MR) is 117 cm³/mol. The second-order valence-electron chi connectivity index (χ2n) is 8.77. The van der Waals surface area contributed by atoms with Crippen LogP contribution in [0.2, 0.25) is 5.02 Å². The Balaban J connectivity index is 1.45. The molecule has 5 rings (SSSR count). The van der Waals surface area contributed by atoms with Gasteiger partial charge in [0.1, 0.15) is 5.76 Å². The van der Waals surface area contributed by atoms with E-state index >= 15 is 0 Å². The van der Waals surface area contributed by atoms with Gasteiger partial charge in [0.2, 0.25) is 0 Å². The Morgan fingerprint density at radius 1 is 1.07 bits per heavy atom. The summed E-state index contributed by atoms with van der Waals surface area (Å²) in [6.45, 7) is 2.11. The third kappa shape index (κ3) is 3.62. The smallest absolute Gasteiger partial charge is 0.142 e. The van der Waals surface area contributed by atoms with Crippen LogP contribution in [0, 0.1) is 6.92 Å². The number of halogens is 1. The summed E-state index contributed by atoms with van der Waals surface area (Å²) in [4.78, 5) is 2.57. The van der Waals surface area contributed by atoms with Crippen LogP contribution in [-0.4, -0.2) is 29.2 Å². The molecule has 150 valence electrons. The lowest BCUT2D eigenvalue weighted by Crippen LogP contribution is -2.44. The lowest BCUT2D eigenvalue weighted by molar-refractivity contribution is 0.122. The summed E-state index contributed by atoms with van der Waals surface area (Å²) in [5.41, 5.74) is 4.93. The highest BCUT2D eigenvalue weighted by Gasteiger charge is 2.48. The van der Waals surface area contributed by atoms with Crippen molar-refractivity contribution in [2.24, 2.45) is 0 Å². The average molecular weight is 407 g/mol. The maximum atomic E-state index is 6.15. The van der Waals surface area contributed by atoms with Gasteiger partial charge in [0, 0.05) is 35.5 Å². The molecule has 0 aliphatic carbocycles. The van der Waals surface area contributed by atoms with E-state index < -0.39 is 0 Å². The molecule has 2 fully saturated rings. The topological polar surface area (TPSA) is 29.3 Å². The van der Waals surface area contributed by atoms with E-state index in [1.54, 1.807) is 0 Å². The fourth-order valence-corrected chi connectivity index (χ4v) is 5.52. The number of aromatic nitrogens is 1. The monoisotopic (exact) mass is 406 g/mol. The molecule has 1 aromatic heterocycles. The Morgan fingerprint density at radius 3 is 2.59 bits per heavy atom. The van der Waals surface area contributed by atoms with E-state index in [0.29, 0.717) is 23.9 Å². The molecule has 4 atom stereocenters. The minimum Gasteiger partial charge on any atom is -0.361 e. The lowest BCUT2D eigenvalue weighted by Gasteiger charge is -2.42. The van der Waals surface area contributed by atoms with Gasteiger partial charge in [0.05, 0.1) is 5.69 Å². The van der Waals surface area contributed by atoms with Crippen molar-refractivity contribution >= 4 is 11.6 Å². The predicted octanol–water partition coefficient (Wildman–Crippen LogP) is 5.96. The molecule has 0 N–H and O–H groups in total. The first kappa shape index (κ1) is 18.9. The maximum Gasteiger partial charge on any atom is 0.142 e. The average Bonchev–Trinajstić information content (AvgIpc) is 3.26. The summed E-state index contributed by atoms with van der Waals surface area (Å²) < 4.78 is 5.97. The van der Waals surface area contributed by atoms with Gasteiger partial charge in [-0.25, -0.2) is 0 Å². The van der Waals surface area contributed by atoms with Crippen LogP contribution in [0.3, 0.4) is 0 Å². The van der Waals surface area contributed by atoms with Crippen molar-refractivity contribution in [2.75, 3.05) is 7.05 Å². The summed E-state index contributed by atoms with van der Waals surface area (Å²) in [5, 5.41) is 5.24. The van der Waals surface area contributed by atoms with E-state index in [1.807, 2.05) is 12.1 Å². The normalized spacial score (nSPS) is 26.7. The Kier molecular flexibility index (Phi) is 4.97. The molecular formula is C25H27ClN2O. The molecule has 2 aliphatic rings. The van der Waals surface area contributed by atoms with Crippen molar-refractivity contribution in [1.29, 1.82) is 0 Å². The van der Waals surface area contributed by atoms with Crippen LogP contribution in [-0.2, 0) is 6.42 Å². The number of aryl methyl sites for hydroxylation is 1. The number of hydrogen-bond donors (Lipinski definition) is 0. The lowest BCUT2D eigenvalue weighted by atomic mass is 9.75. The number of nitrogens with zero attached hydrogens (tertiary/aromatic N) is 2. The Bertz CT molecular complexity index is 979. The maximum absolute atomic E-state index is 6.15. The van der Waals surface area contributed by atoms with Crippen LogP contribution in [0.5, 0.6) is 0 Å². The first-order valence-corrected chi connectivity index (χ1v) is 10.9. The molecule has 0 amide bonds. The highest BCUT2D eigenvalue weighted by molar-refractivity contribution is 6.30. The molecule has 3 nitrogen and oxygen atoms in total. The minimum absolute atomic E-state index is 0.333. The third-order valence-electron chi connectivity index (χ3n) is 6.98. The number of rotatable bonds is 4. The van der Waals surface area contributed by atoms with Crippen molar-refractivity contribution < 1.29 is 4.52 Å². The highest BCUT2D eigenvalue weighted by Crippen LogP contribution is 2.51. The summed E-state index contributed by atoms with van der Waals surface area (Å²) in [7, 11) is 2.27. The molecule has 2 aliphatic heterocycles. The molecule has 3 heterocycles. The number of likely N-dealkylation sites (N-methyl/N-ethyl adjacent to an activating group) is 1. The van der Waals surface area contributed by atoms with Crippen LogP contribution < -0.4 is 0 Å². The zero-order valence-electron chi connectivity index (χ0n) is 17.0. The van der Waals surface area contributed by atoms with E-state index in [1.165, 1.54) is 29.5 Å². The molecular weight excluding hydrogens is 380 g/mol. The number of benzene rings is 2. The Hall–Kier alpha value is -2.10. The third-order valence-corrected chi connectivity index (χ3v) is 7.23. The van der Waals surface area contributed by atoms with Gasteiger partial charge in [-0.1, -0.05) is 58.7 Å². The van der Waals surface area contributed by atoms with Crippen molar-refractivity contribution in [3.8, 4) is 0 Å². The first-order valence-electron chi connectivity index (χ1n) is 10.6. The largest absolute Gasteiger partial charge is 0.361 e. The SMILES string of the molecule is Cc1ccc(Cc2cc([C@@H]3C4CCC(C[C@@H]3c3ccc(Cl)cc3)N4C)on2)cc1. The van der Waals surface area contributed by atoms with E-state index in [0.717, 1.165) is 29.3 Å². The second kappa shape index (κ2) is 7.62. The number of piperidine rings is 1. The van der Waals surface area contributed by atoms with Crippen LogP contribution in [0.15, 0.2) is 59.1 Å². The minimum atomic E-state index is 0.333. The van der Waals surface area contributed by atoms with E-state index in [-0.39, 0.29) is 0 Å². The van der Waals surface area contributed by atoms with Gasteiger partial charge in [-0.2, -0.15) is 0 Å². The number of fused-ring (bicyclic) bond motifs is 2. The van der Waals surface area contributed by atoms with Crippen LogP contribution in [0.1, 0.15) is 59.2 Å². The highest BCUT2D eigenvalue weighted by atomic mass is 35.5. The van der Waals surface area contributed by atoms with Gasteiger partial charge in [-0.15, -0.1) is 0 Å². The summed E-state index contributed by atoms with van der Waals surface area (Å²) in [6.07, 6.45) is 4.47. The van der Waals surface area contributed by atoms with Crippen molar-refractivity contribution in [2.45, 2.75) is 56.5 Å². The fraction of sp³-hybridized carbons (Fsp3) is 0.400.